The molecule has 0 aliphatic carbocycles. The lowest BCUT2D eigenvalue weighted by molar-refractivity contribution is 0.670. The zero-order valence-electron chi connectivity index (χ0n) is 29.6. The topological polar surface area (TPSA) is 16.4 Å². The van der Waals surface area contributed by atoms with Crippen LogP contribution >= 0.6 is 0 Å². The van der Waals surface area contributed by atoms with E-state index in [4.69, 9.17) is 4.42 Å². The zero-order valence-corrected chi connectivity index (χ0v) is 29.6. The van der Waals surface area contributed by atoms with Gasteiger partial charge in [0.05, 0.1) is 0 Å². The van der Waals surface area contributed by atoms with Crippen molar-refractivity contribution in [1.82, 2.24) is 0 Å². The Bertz CT molecular complexity index is 2880. The highest BCUT2D eigenvalue weighted by atomic mass is 16.3. The molecule has 0 spiro atoms. The van der Waals surface area contributed by atoms with E-state index < -0.39 is 0 Å². The smallest absolute Gasteiger partial charge is 0.143 e. The lowest BCUT2D eigenvalue weighted by atomic mass is 9.93. The Balaban J connectivity index is 1.03. The van der Waals surface area contributed by atoms with Crippen molar-refractivity contribution in [2.75, 3.05) is 4.90 Å². The number of para-hydroxylation sites is 1. The molecule has 0 aliphatic rings. The summed E-state index contributed by atoms with van der Waals surface area (Å²) in [6.45, 7) is 0. The van der Waals surface area contributed by atoms with Gasteiger partial charge in [-0.3, -0.25) is 0 Å². The molecule has 0 atom stereocenters. The van der Waals surface area contributed by atoms with Crippen LogP contribution < -0.4 is 4.90 Å². The van der Waals surface area contributed by atoms with E-state index >= 15 is 0 Å². The van der Waals surface area contributed by atoms with Crippen LogP contribution in [0.5, 0.6) is 0 Å². The molecule has 0 amide bonds. The van der Waals surface area contributed by atoms with Gasteiger partial charge in [0, 0.05) is 33.4 Å². The van der Waals surface area contributed by atoms with Crippen LogP contribution in [0.2, 0.25) is 0 Å². The highest BCUT2D eigenvalue weighted by Crippen LogP contribution is 2.43. The molecule has 0 saturated carbocycles. The van der Waals surface area contributed by atoms with E-state index in [1.54, 1.807) is 0 Å². The second kappa shape index (κ2) is 13.4. The molecule has 0 saturated heterocycles. The van der Waals surface area contributed by atoms with Crippen LogP contribution in [0.15, 0.2) is 217 Å². The second-order valence-electron chi connectivity index (χ2n) is 13.7. The number of furan rings is 1. The normalized spacial score (nSPS) is 11.3. The molecule has 0 unspecified atom stereocenters. The fraction of sp³-hybridized carbons (Fsp3) is 0. The zero-order chi connectivity index (χ0) is 35.8. The molecule has 2 nitrogen and oxygen atoms in total. The summed E-state index contributed by atoms with van der Waals surface area (Å²) in [5.74, 6) is 0. The van der Waals surface area contributed by atoms with E-state index in [1.807, 2.05) is 0 Å². The Labute approximate surface area is 314 Å². The van der Waals surface area contributed by atoms with Crippen molar-refractivity contribution >= 4 is 49.8 Å². The molecule has 54 heavy (non-hydrogen) atoms. The summed E-state index contributed by atoms with van der Waals surface area (Å²) in [5, 5.41) is 4.62. The van der Waals surface area contributed by atoms with Crippen LogP contribution in [0.1, 0.15) is 0 Å². The average Bonchev–Trinajstić information content (AvgIpc) is 3.62. The fourth-order valence-corrected chi connectivity index (χ4v) is 7.76. The maximum atomic E-state index is 6.73. The Hall–Kier alpha value is -7.16. The third-order valence-electron chi connectivity index (χ3n) is 10.5. The van der Waals surface area contributed by atoms with Crippen molar-refractivity contribution in [1.29, 1.82) is 0 Å². The van der Waals surface area contributed by atoms with Crippen LogP contribution in [0.25, 0.3) is 77.2 Å². The first-order valence-electron chi connectivity index (χ1n) is 18.4. The number of hydrogen-bond donors (Lipinski definition) is 0. The number of benzene rings is 9. The molecule has 0 aliphatic heterocycles. The first-order valence-corrected chi connectivity index (χ1v) is 18.4. The van der Waals surface area contributed by atoms with Gasteiger partial charge < -0.3 is 9.32 Å². The van der Waals surface area contributed by atoms with Gasteiger partial charge in [0.1, 0.15) is 11.2 Å². The molecule has 10 rings (SSSR count). The Kier molecular flexibility index (Phi) is 7.85. The van der Waals surface area contributed by atoms with Crippen molar-refractivity contribution in [2.24, 2.45) is 0 Å². The van der Waals surface area contributed by atoms with Gasteiger partial charge in [0.2, 0.25) is 0 Å². The number of rotatable bonds is 7. The minimum absolute atomic E-state index is 0.886. The summed E-state index contributed by atoms with van der Waals surface area (Å²) in [6, 6.07) is 75.7. The van der Waals surface area contributed by atoms with Crippen molar-refractivity contribution in [3.63, 3.8) is 0 Å². The number of fused-ring (bicyclic) bond motifs is 4. The molecule has 0 fully saturated rings. The maximum absolute atomic E-state index is 6.73. The van der Waals surface area contributed by atoms with Crippen LogP contribution in [0, 0.1) is 0 Å². The van der Waals surface area contributed by atoms with Crippen LogP contribution in [-0.4, -0.2) is 0 Å². The average molecular weight is 690 g/mol. The first kappa shape index (κ1) is 31.6. The molecule has 1 aromatic heterocycles. The largest absolute Gasteiger partial charge is 0.455 e. The minimum Gasteiger partial charge on any atom is -0.455 e. The highest BCUT2D eigenvalue weighted by Gasteiger charge is 2.18. The number of nitrogens with zero attached hydrogens (tertiary/aromatic N) is 1. The molecule has 10 aromatic rings. The van der Waals surface area contributed by atoms with Gasteiger partial charge in [-0.1, -0.05) is 158 Å². The maximum Gasteiger partial charge on any atom is 0.143 e. The first-order chi connectivity index (χ1) is 26.8. The molecule has 0 N–H and O–H groups in total. The van der Waals surface area contributed by atoms with Gasteiger partial charge >= 0.3 is 0 Å². The molecule has 0 bridgehead atoms. The van der Waals surface area contributed by atoms with E-state index in [-0.39, 0.29) is 0 Å². The van der Waals surface area contributed by atoms with Crippen molar-refractivity contribution in [3.05, 3.63) is 212 Å². The predicted molar refractivity (Wildman–Crippen MR) is 228 cm³/mol. The van der Waals surface area contributed by atoms with Gasteiger partial charge in [-0.15, -0.1) is 0 Å². The monoisotopic (exact) mass is 689 g/mol. The van der Waals surface area contributed by atoms with Gasteiger partial charge in [0.25, 0.3) is 0 Å². The number of hydrogen-bond acceptors (Lipinski definition) is 2. The Morgan fingerprint density at radius 3 is 1.35 bits per heavy atom. The quantitative estimate of drug-likeness (QED) is 0.166. The minimum atomic E-state index is 0.886. The third kappa shape index (κ3) is 5.71. The summed E-state index contributed by atoms with van der Waals surface area (Å²) in [4.78, 5) is 2.31. The molecule has 2 heteroatoms. The molecule has 9 aromatic carbocycles. The predicted octanol–water partition coefficient (Wildman–Crippen LogP) is 14.9. The van der Waals surface area contributed by atoms with Crippen LogP contribution in [-0.2, 0) is 0 Å². The molecule has 254 valence electrons. The van der Waals surface area contributed by atoms with Gasteiger partial charge in [-0.2, -0.15) is 0 Å². The van der Waals surface area contributed by atoms with Gasteiger partial charge in [-0.25, -0.2) is 0 Å². The van der Waals surface area contributed by atoms with E-state index in [2.05, 4.69) is 217 Å². The molecular formula is C52H35NO. The van der Waals surface area contributed by atoms with Crippen molar-refractivity contribution in [2.45, 2.75) is 0 Å². The van der Waals surface area contributed by atoms with Gasteiger partial charge in [-0.05, 0) is 104 Å². The lowest BCUT2D eigenvalue weighted by Gasteiger charge is -2.26. The summed E-state index contributed by atoms with van der Waals surface area (Å²) < 4.78 is 6.73. The lowest BCUT2D eigenvalue weighted by Crippen LogP contribution is -2.09. The summed E-state index contributed by atoms with van der Waals surface area (Å²) in [5.41, 5.74) is 14.5. The summed E-state index contributed by atoms with van der Waals surface area (Å²) in [6.07, 6.45) is 0. The standard InChI is InChI=1S/C52H35NO/c1-4-12-36(13-5-1)38-20-22-41(23-21-38)51-47-19-11-10-16-43(47)35-49-48-34-42(28-33-50(48)54-52(49)51)40-26-31-46(32-27-40)53(44-17-8-3-9-18-44)45-29-24-39(25-30-45)37-14-6-2-7-15-37/h1-35H. The molecular weight excluding hydrogens is 655 g/mol. The number of anilines is 3. The summed E-state index contributed by atoms with van der Waals surface area (Å²) >= 11 is 0. The SMILES string of the molecule is c1ccc(-c2ccc(-c3c4ccccc4cc4c3oc3ccc(-c5ccc(N(c6ccccc6)c6ccc(-c7ccccc7)cc6)cc5)cc34)cc2)cc1. The van der Waals surface area contributed by atoms with E-state index in [9.17, 15) is 0 Å². The van der Waals surface area contributed by atoms with E-state index in [0.717, 1.165) is 61.3 Å². The Morgan fingerprint density at radius 2 is 0.741 bits per heavy atom. The van der Waals surface area contributed by atoms with E-state index in [1.165, 1.54) is 33.0 Å². The van der Waals surface area contributed by atoms with Crippen molar-refractivity contribution in [3.8, 4) is 44.5 Å². The Morgan fingerprint density at radius 1 is 0.296 bits per heavy atom. The highest BCUT2D eigenvalue weighted by molar-refractivity contribution is 6.18. The fourth-order valence-electron chi connectivity index (χ4n) is 7.76. The van der Waals surface area contributed by atoms with E-state index in [0.29, 0.717) is 0 Å². The van der Waals surface area contributed by atoms with Gasteiger partial charge in [0.15, 0.2) is 0 Å². The summed E-state index contributed by atoms with van der Waals surface area (Å²) in [7, 11) is 0. The molecule has 0 radical (unpaired) electrons. The van der Waals surface area contributed by atoms with Crippen LogP contribution in [0.3, 0.4) is 0 Å². The van der Waals surface area contributed by atoms with Crippen LogP contribution in [0.4, 0.5) is 17.1 Å². The second-order valence-corrected chi connectivity index (χ2v) is 13.7. The molecule has 1 heterocycles. The van der Waals surface area contributed by atoms with Crippen molar-refractivity contribution < 1.29 is 4.42 Å². The third-order valence-corrected chi connectivity index (χ3v) is 10.5.